The lowest BCUT2D eigenvalue weighted by Crippen LogP contribution is -2.41. The van der Waals surface area contributed by atoms with Crippen molar-refractivity contribution in [1.82, 2.24) is 0 Å². The van der Waals surface area contributed by atoms with Gasteiger partial charge in [0, 0.05) is 17.8 Å². The highest BCUT2D eigenvalue weighted by atomic mass is 16.6. The van der Waals surface area contributed by atoms with Gasteiger partial charge < -0.3 is 5.11 Å². The Hall–Kier alpha value is -0.640. The van der Waals surface area contributed by atoms with Crippen LogP contribution in [0.2, 0.25) is 0 Å². The summed E-state index contributed by atoms with van der Waals surface area (Å²) >= 11 is 0. The highest BCUT2D eigenvalue weighted by Gasteiger charge is 2.39. The van der Waals surface area contributed by atoms with Gasteiger partial charge in [-0.15, -0.1) is 0 Å². The predicted molar refractivity (Wildman–Crippen MR) is 55.9 cm³/mol. The van der Waals surface area contributed by atoms with Crippen LogP contribution in [0.5, 0.6) is 0 Å². The minimum Gasteiger partial charge on any atom is -0.389 e. The summed E-state index contributed by atoms with van der Waals surface area (Å²) in [5.74, 6) is 0. The van der Waals surface area contributed by atoms with Crippen molar-refractivity contribution < 1.29 is 10.0 Å². The first-order valence-corrected chi connectivity index (χ1v) is 5.38. The monoisotopic (exact) mass is 203 g/mol. The maximum atomic E-state index is 10.8. The van der Waals surface area contributed by atoms with E-state index in [9.17, 15) is 10.1 Å². The number of hydrogen-bond acceptors (Lipinski definition) is 3. The molecule has 0 aliphatic carbocycles. The lowest BCUT2D eigenvalue weighted by atomic mass is 9.91. The zero-order valence-electron chi connectivity index (χ0n) is 9.16. The van der Waals surface area contributed by atoms with E-state index in [2.05, 4.69) is 6.92 Å². The van der Waals surface area contributed by atoms with Gasteiger partial charge in [0.15, 0.2) is 0 Å². The first kappa shape index (κ1) is 13.4. The summed E-state index contributed by atoms with van der Waals surface area (Å²) in [5.41, 5.74) is -1.09. The SMILES string of the molecule is CCCCCCC(CC)(CO)[N+](=O)[O-]. The molecule has 84 valence electrons. The van der Waals surface area contributed by atoms with E-state index in [1.165, 1.54) is 0 Å². The molecule has 14 heavy (non-hydrogen) atoms. The maximum absolute atomic E-state index is 10.8. The summed E-state index contributed by atoms with van der Waals surface area (Å²) in [4.78, 5) is 10.5. The van der Waals surface area contributed by atoms with Gasteiger partial charge in [-0.3, -0.25) is 10.1 Å². The van der Waals surface area contributed by atoms with Crippen molar-refractivity contribution in [2.75, 3.05) is 6.61 Å². The fraction of sp³-hybridized carbons (Fsp3) is 1.00. The summed E-state index contributed by atoms with van der Waals surface area (Å²) in [6.45, 7) is 3.52. The Bertz CT molecular complexity index is 167. The van der Waals surface area contributed by atoms with Crippen LogP contribution in [0.3, 0.4) is 0 Å². The molecule has 0 spiro atoms. The van der Waals surface area contributed by atoms with Crippen LogP contribution >= 0.6 is 0 Å². The third-order valence-electron chi connectivity index (χ3n) is 2.84. The van der Waals surface area contributed by atoms with Crippen LogP contribution in [-0.4, -0.2) is 22.2 Å². The van der Waals surface area contributed by atoms with Crippen molar-refractivity contribution in [3.8, 4) is 0 Å². The molecule has 1 unspecified atom stereocenters. The minimum absolute atomic E-state index is 0.320. The van der Waals surface area contributed by atoms with Gasteiger partial charge in [-0.2, -0.15) is 0 Å². The summed E-state index contributed by atoms with van der Waals surface area (Å²) < 4.78 is 0. The Morgan fingerprint density at radius 3 is 2.29 bits per heavy atom. The normalized spacial score (nSPS) is 15.1. The molecule has 0 saturated carbocycles. The molecule has 0 aliphatic rings. The molecule has 0 aromatic carbocycles. The maximum Gasteiger partial charge on any atom is 0.244 e. The average molecular weight is 203 g/mol. The molecule has 0 fully saturated rings. The molecule has 4 nitrogen and oxygen atoms in total. The van der Waals surface area contributed by atoms with E-state index < -0.39 is 5.54 Å². The van der Waals surface area contributed by atoms with E-state index in [1.807, 2.05) is 0 Å². The van der Waals surface area contributed by atoms with Crippen molar-refractivity contribution in [1.29, 1.82) is 0 Å². The van der Waals surface area contributed by atoms with Gasteiger partial charge in [0.2, 0.25) is 5.54 Å². The van der Waals surface area contributed by atoms with Crippen LogP contribution in [0.1, 0.15) is 52.4 Å². The second kappa shape index (κ2) is 6.76. The van der Waals surface area contributed by atoms with Crippen molar-refractivity contribution in [3.63, 3.8) is 0 Å². The molecule has 0 aromatic rings. The Kier molecular flexibility index (Phi) is 6.45. The molecule has 0 aliphatic heterocycles. The van der Waals surface area contributed by atoms with Gasteiger partial charge in [0.25, 0.3) is 0 Å². The standard InChI is InChI=1S/C10H21NO3/c1-3-5-6-7-8-10(4-2,9-12)11(13)14/h12H,3-9H2,1-2H3. The molecule has 1 N–H and O–H groups in total. The van der Waals surface area contributed by atoms with E-state index in [0.717, 1.165) is 25.7 Å². The molecule has 0 radical (unpaired) electrons. The van der Waals surface area contributed by atoms with Gasteiger partial charge in [0.1, 0.15) is 6.61 Å². The van der Waals surface area contributed by atoms with Gasteiger partial charge in [-0.1, -0.05) is 33.1 Å². The fourth-order valence-corrected chi connectivity index (χ4v) is 1.53. The first-order valence-electron chi connectivity index (χ1n) is 5.38. The Morgan fingerprint density at radius 2 is 1.93 bits per heavy atom. The van der Waals surface area contributed by atoms with E-state index >= 15 is 0 Å². The number of nitrogens with zero attached hydrogens (tertiary/aromatic N) is 1. The third-order valence-corrected chi connectivity index (χ3v) is 2.84. The molecule has 0 aromatic heterocycles. The van der Waals surface area contributed by atoms with Gasteiger partial charge >= 0.3 is 0 Å². The summed E-state index contributed by atoms with van der Waals surface area (Å²) in [7, 11) is 0. The first-order chi connectivity index (χ1) is 6.63. The molecule has 0 saturated heterocycles. The average Bonchev–Trinajstić information content (AvgIpc) is 2.18. The quantitative estimate of drug-likeness (QED) is 0.374. The number of rotatable bonds is 8. The van der Waals surface area contributed by atoms with Crippen molar-refractivity contribution in [3.05, 3.63) is 10.1 Å². The van der Waals surface area contributed by atoms with Crippen LogP contribution in [0.15, 0.2) is 0 Å². The molecule has 1 atom stereocenters. The Morgan fingerprint density at radius 1 is 1.29 bits per heavy atom. The topological polar surface area (TPSA) is 63.4 Å². The lowest BCUT2D eigenvalue weighted by Gasteiger charge is -2.21. The number of aliphatic hydroxyl groups excluding tert-OH is 1. The van der Waals surface area contributed by atoms with E-state index in [-0.39, 0.29) is 11.5 Å². The highest BCUT2D eigenvalue weighted by molar-refractivity contribution is 4.76. The summed E-state index contributed by atoms with van der Waals surface area (Å²) in [6.07, 6.45) is 4.99. The van der Waals surface area contributed by atoms with Gasteiger partial charge in [-0.25, -0.2) is 0 Å². The number of hydrogen-bond donors (Lipinski definition) is 1. The van der Waals surface area contributed by atoms with E-state index in [1.54, 1.807) is 6.92 Å². The third kappa shape index (κ3) is 3.62. The predicted octanol–water partition coefficient (Wildman–Crippen LogP) is 2.37. The second-order valence-corrected chi connectivity index (χ2v) is 3.80. The molecule has 4 heteroatoms. The molecule has 0 heterocycles. The summed E-state index contributed by atoms with van der Waals surface area (Å²) in [6, 6.07) is 0. The van der Waals surface area contributed by atoms with Crippen LogP contribution in [0, 0.1) is 10.1 Å². The van der Waals surface area contributed by atoms with Crippen molar-refractivity contribution in [2.24, 2.45) is 0 Å². The van der Waals surface area contributed by atoms with Crippen molar-refractivity contribution in [2.45, 2.75) is 57.9 Å². The van der Waals surface area contributed by atoms with Gasteiger partial charge in [0.05, 0.1) is 0 Å². The van der Waals surface area contributed by atoms with E-state index in [0.29, 0.717) is 12.8 Å². The van der Waals surface area contributed by atoms with Crippen LogP contribution in [-0.2, 0) is 0 Å². The lowest BCUT2D eigenvalue weighted by molar-refractivity contribution is -0.575. The minimum atomic E-state index is -1.09. The largest absolute Gasteiger partial charge is 0.389 e. The summed E-state index contributed by atoms with van der Waals surface area (Å²) in [5, 5.41) is 19.9. The zero-order valence-corrected chi connectivity index (χ0v) is 9.16. The fourth-order valence-electron chi connectivity index (χ4n) is 1.53. The van der Waals surface area contributed by atoms with Crippen molar-refractivity contribution >= 4 is 0 Å². The molecule has 0 bridgehead atoms. The van der Waals surface area contributed by atoms with Crippen LogP contribution in [0.4, 0.5) is 0 Å². The van der Waals surface area contributed by atoms with Crippen LogP contribution < -0.4 is 0 Å². The highest BCUT2D eigenvalue weighted by Crippen LogP contribution is 2.22. The number of nitro groups is 1. The number of unbranched alkanes of at least 4 members (excludes halogenated alkanes) is 3. The van der Waals surface area contributed by atoms with Crippen LogP contribution in [0.25, 0.3) is 0 Å². The van der Waals surface area contributed by atoms with E-state index in [4.69, 9.17) is 5.11 Å². The van der Waals surface area contributed by atoms with Gasteiger partial charge in [-0.05, 0) is 6.42 Å². The number of aliphatic hydroxyl groups is 1. The molecular weight excluding hydrogens is 182 g/mol. The molecule has 0 rings (SSSR count). The Balaban J connectivity index is 4.02. The molecular formula is C10H21NO3. The zero-order chi connectivity index (χ0) is 11.0. The second-order valence-electron chi connectivity index (χ2n) is 3.80. The smallest absolute Gasteiger partial charge is 0.244 e. The molecule has 0 amide bonds. The Labute approximate surface area is 85.5 Å².